The summed E-state index contributed by atoms with van der Waals surface area (Å²) in [4.78, 5) is 27.1. The van der Waals surface area contributed by atoms with Crippen LogP contribution in [0.5, 0.6) is 0 Å². The van der Waals surface area contributed by atoms with Gasteiger partial charge in [0.2, 0.25) is 11.9 Å². The minimum atomic E-state index is -0.222. The highest BCUT2D eigenvalue weighted by Crippen LogP contribution is 2.27. The molecular weight excluding hydrogens is 348 g/mol. The van der Waals surface area contributed by atoms with E-state index in [2.05, 4.69) is 34.0 Å². The SMILES string of the molecule is Cc1cc(CN(C(=O)CCl)c2ncc3cccnc3n2)cc2c1CCC2. The van der Waals surface area contributed by atoms with Crippen molar-refractivity contribution >= 4 is 34.5 Å². The Morgan fingerprint density at radius 1 is 1.27 bits per heavy atom. The molecule has 0 saturated carbocycles. The van der Waals surface area contributed by atoms with E-state index in [9.17, 15) is 4.79 Å². The largest absolute Gasteiger partial charge is 0.275 e. The lowest BCUT2D eigenvalue weighted by Gasteiger charge is -2.21. The summed E-state index contributed by atoms with van der Waals surface area (Å²) < 4.78 is 0. The molecule has 1 amide bonds. The molecule has 132 valence electrons. The molecule has 2 heterocycles. The number of rotatable bonds is 4. The van der Waals surface area contributed by atoms with Gasteiger partial charge in [-0.05, 0) is 60.6 Å². The Morgan fingerprint density at radius 2 is 2.15 bits per heavy atom. The monoisotopic (exact) mass is 366 g/mol. The van der Waals surface area contributed by atoms with Gasteiger partial charge in [-0.3, -0.25) is 9.69 Å². The van der Waals surface area contributed by atoms with Crippen LogP contribution in [0.4, 0.5) is 5.95 Å². The van der Waals surface area contributed by atoms with E-state index in [-0.39, 0.29) is 11.8 Å². The minimum Gasteiger partial charge on any atom is -0.275 e. The van der Waals surface area contributed by atoms with E-state index in [4.69, 9.17) is 11.6 Å². The van der Waals surface area contributed by atoms with Crippen molar-refractivity contribution in [3.05, 3.63) is 58.9 Å². The Bertz CT molecular complexity index is 989. The van der Waals surface area contributed by atoms with Crippen molar-refractivity contribution < 1.29 is 4.79 Å². The average Bonchev–Trinajstić information content (AvgIpc) is 3.14. The lowest BCUT2D eigenvalue weighted by atomic mass is 10.0. The Hall–Kier alpha value is -2.53. The maximum atomic E-state index is 12.5. The fourth-order valence-electron chi connectivity index (χ4n) is 3.61. The third-order valence-electron chi connectivity index (χ3n) is 4.84. The number of fused-ring (bicyclic) bond motifs is 2. The quantitative estimate of drug-likeness (QED) is 0.662. The zero-order valence-electron chi connectivity index (χ0n) is 14.6. The molecule has 5 nitrogen and oxygen atoms in total. The van der Waals surface area contributed by atoms with Crippen molar-refractivity contribution in [2.45, 2.75) is 32.7 Å². The molecular formula is C20H19ClN4O. The van der Waals surface area contributed by atoms with Crippen LogP contribution in [0.1, 0.15) is 28.7 Å². The molecule has 0 saturated heterocycles. The van der Waals surface area contributed by atoms with Gasteiger partial charge in [-0.1, -0.05) is 12.1 Å². The summed E-state index contributed by atoms with van der Waals surface area (Å²) in [6, 6.07) is 8.07. The van der Waals surface area contributed by atoms with Crippen LogP contribution < -0.4 is 4.90 Å². The van der Waals surface area contributed by atoms with Gasteiger partial charge in [-0.15, -0.1) is 11.6 Å². The number of amides is 1. The third-order valence-corrected chi connectivity index (χ3v) is 5.07. The van der Waals surface area contributed by atoms with E-state index in [0.717, 1.165) is 23.8 Å². The highest BCUT2D eigenvalue weighted by Gasteiger charge is 2.21. The summed E-state index contributed by atoms with van der Waals surface area (Å²) in [5.74, 6) is -0.00632. The van der Waals surface area contributed by atoms with Gasteiger partial charge in [0, 0.05) is 17.8 Å². The van der Waals surface area contributed by atoms with Gasteiger partial charge < -0.3 is 0 Å². The van der Waals surface area contributed by atoms with Crippen LogP contribution in [0.2, 0.25) is 0 Å². The van der Waals surface area contributed by atoms with Gasteiger partial charge in [0.15, 0.2) is 5.65 Å². The molecule has 1 aliphatic rings. The number of carbonyl (C=O) groups excluding carboxylic acids is 1. The number of aromatic nitrogens is 3. The Balaban J connectivity index is 1.71. The van der Waals surface area contributed by atoms with Crippen LogP contribution in [-0.2, 0) is 24.2 Å². The summed E-state index contributed by atoms with van der Waals surface area (Å²) in [7, 11) is 0. The standard InChI is InChI=1S/C20H19ClN4O/c1-13-8-14(9-15-4-2-6-17(13)15)12-25(18(26)10-21)20-23-11-16-5-3-7-22-19(16)24-20/h3,5,7-9,11H,2,4,6,10,12H2,1H3. The lowest BCUT2D eigenvalue weighted by Crippen LogP contribution is -2.33. The molecule has 0 bridgehead atoms. The zero-order chi connectivity index (χ0) is 18.1. The second-order valence-electron chi connectivity index (χ2n) is 6.60. The molecule has 2 aromatic heterocycles. The van der Waals surface area contributed by atoms with Gasteiger partial charge in [0.05, 0.1) is 6.54 Å². The highest BCUT2D eigenvalue weighted by molar-refractivity contribution is 6.29. The molecule has 0 spiro atoms. The molecule has 1 aliphatic carbocycles. The second kappa shape index (κ2) is 7.00. The number of hydrogen-bond donors (Lipinski definition) is 0. The number of benzene rings is 1. The molecule has 26 heavy (non-hydrogen) atoms. The van der Waals surface area contributed by atoms with Crippen molar-refractivity contribution in [3.8, 4) is 0 Å². The second-order valence-corrected chi connectivity index (χ2v) is 6.87. The van der Waals surface area contributed by atoms with E-state index in [0.29, 0.717) is 18.1 Å². The van der Waals surface area contributed by atoms with Crippen LogP contribution >= 0.6 is 11.6 Å². The minimum absolute atomic E-state index is 0.118. The molecule has 1 aromatic carbocycles. The first-order valence-corrected chi connectivity index (χ1v) is 9.24. The van der Waals surface area contributed by atoms with Gasteiger partial charge in [0.1, 0.15) is 5.88 Å². The number of alkyl halides is 1. The van der Waals surface area contributed by atoms with E-state index in [1.54, 1.807) is 12.4 Å². The first-order valence-electron chi connectivity index (χ1n) is 8.71. The molecule has 4 rings (SSSR count). The molecule has 0 unspecified atom stereocenters. The smallest absolute Gasteiger partial charge is 0.244 e. The first-order chi connectivity index (χ1) is 12.7. The maximum Gasteiger partial charge on any atom is 0.244 e. The van der Waals surface area contributed by atoms with Crippen LogP contribution in [0.3, 0.4) is 0 Å². The summed E-state index contributed by atoms with van der Waals surface area (Å²) >= 11 is 5.84. The normalized spacial score (nSPS) is 13.0. The number of hydrogen-bond acceptors (Lipinski definition) is 4. The number of pyridine rings is 1. The number of aryl methyl sites for hydroxylation is 2. The van der Waals surface area contributed by atoms with Crippen LogP contribution in [0.25, 0.3) is 11.0 Å². The maximum absolute atomic E-state index is 12.5. The number of nitrogens with zero attached hydrogens (tertiary/aromatic N) is 4. The zero-order valence-corrected chi connectivity index (χ0v) is 15.3. The summed E-state index contributed by atoms with van der Waals surface area (Å²) in [5.41, 5.74) is 5.77. The first kappa shape index (κ1) is 16.9. The highest BCUT2D eigenvalue weighted by atomic mass is 35.5. The topological polar surface area (TPSA) is 59.0 Å². The summed E-state index contributed by atoms with van der Waals surface area (Å²) in [5, 5.41) is 0.836. The number of halogens is 1. The Labute approximate surface area is 157 Å². The molecule has 0 atom stereocenters. The van der Waals surface area contributed by atoms with E-state index < -0.39 is 0 Å². The van der Waals surface area contributed by atoms with E-state index in [1.165, 1.54) is 28.0 Å². The molecule has 0 N–H and O–H groups in total. The Morgan fingerprint density at radius 3 is 3.00 bits per heavy atom. The summed E-state index contributed by atoms with van der Waals surface area (Å²) in [6.07, 6.45) is 6.81. The molecule has 3 aromatic rings. The molecule has 0 fully saturated rings. The molecule has 6 heteroatoms. The predicted octanol–water partition coefficient (Wildman–Crippen LogP) is 3.59. The van der Waals surface area contributed by atoms with Gasteiger partial charge in [0.25, 0.3) is 0 Å². The number of anilines is 1. The van der Waals surface area contributed by atoms with Crippen molar-refractivity contribution in [2.75, 3.05) is 10.8 Å². The number of carbonyl (C=O) groups is 1. The van der Waals surface area contributed by atoms with E-state index >= 15 is 0 Å². The summed E-state index contributed by atoms with van der Waals surface area (Å²) in [6.45, 7) is 2.54. The van der Waals surface area contributed by atoms with Crippen molar-refractivity contribution in [1.29, 1.82) is 0 Å². The van der Waals surface area contributed by atoms with Crippen molar-refractivity contribution in [2.24, 2.45) is 0 Å². The fourth-order valence-corrected chi connectivity index (χ4v) is 3.75. The lowest BCUT2D eigenvalue weighted by molar-refractivity contribution is -0.116. The molecule has 0 radical (unpaired) electrons. The van der Waals surface area contributed by atoms with Crippen molar-refractivity contribution in [3.63, 3.8) is 0 Å². The van der Waals surface area contributed by atoms with Crippen LogP contribution in [0, 0.1) is 6.92 Å². The predicted molar refractivity (Wildman–Crippen MR) is 102 cm³/mol. The van der Waals surface area contributed by atoms with Crippen LogP contribution in [0.15, 0.2) is 36.7 Å². The fraction of sp³-hybridized carbons (Fsp3) is 0.300. The Kier molecular flexibility index (Phi) is 4.55. The van der Waals surface area contributed by atoms with Crippen LogP contribution in [-0.4, -0.2) is 26.7 Å². The van der Waals surface area contributed by atoms with E-state index in [1.807, 2.05) is 12.1 Å². The van der Waals surface area contributed by atoms with Gasteiger partial charge in [-0.2, -0.15) is 4.98 Å². The third kappa shape index (κ3) is 3.15. The van der Waals surface area contributed by atoms with Gasteiger partial charge in [-0.25, -0.2) is 9.97 Å². The molecule has 0 aliphatic heterocycles. The van der Waals surface area contributed by atoms with Crippen molar-refractivity contribution in [1.82, 2.24) is 15.0 Å². The average molecular weight is 367 g/mol. The van der Waals surface area contributed by atoms with Gasteiger partial charge >= 0.3 is 0 Å².